The Bertz CT molecular complexity index is 718. The van der Waals surface area contributed by atoms with Crippen molar-refractivity contribution < 1.29 is 4.92 Å². The summed E-state index contributed by atoms with van der Waals surface area (Å²) in [7, 11) is 0. The van der Waals surface area contributed by atoms with E-state index in [1.165, 1.54) is 17.7 Å². The van der Waals surface area contributed by atoms with E-state index >= 15 is 0 Å². The number of aryl methyl sites for hydroxylation is 1. The molecule has 0 aromatic heterocycles. The summed E-state index contributed by atoms with van der Waals surface area (Å²) in [4.78, 5) is 10.3. The van der Waals surface area contributed by atoms with Gasteiger partial charge in [0, 0.05) is 18.2 Å². The summed E-state index contributed by atoms with van der Waals surface area (Å²) < 4.78 is 0. The van der Waals surface area contributed by atoms with E-state index in [2.05, 4.69) is 24.4 Å². The molecule has 0 saturated heterocycles. The lowest BCUT2D eigenvalue weighted by Gasteiger charge is -2.17. The highest BCUT2D eigenvalue weighted by Gasteiger charge is 2.13. The monoisotopic (exact) mass is 295 g/mol. The van der Waals surface area contributed by atoms with Gasteiger partial charge in [0.05, 0.1) is 16.2 Å². The van der Waals surface area contributed by atoms with E-state index in [1.807, 2.05) is 25.1 Å². The first-order chi connectivity index (χ1) is 10.5. The molecule has 2 aromatic rings. The molecule has 1 unspecified atom stereocenters. The molecular formula is C17H17N3O2. The average molecular weight is 295 g/mol. The van der Waals surface area contributed by atoms with Crippen LogP contribution in [-0.4, -0.2) is 4.92 Å². The predicted octanol–water partition coefficient (Wildman–Crippen LogP) is 4.20. The summed E-state index contributed by atoms with van der Waals surface area (Å²) >= 11 is 0. The van der Waals surface area contributed by atoms with Crippen molar-refractivity contribution in [3.05, 3.63) is 69.3 Å². The van der Waals surface area contributed by atoms with Crippen molar-refractivity contribution in [2.45, 2.75) is 26.3 Å². The highest BCUT2D eigenvalue weighted by atomic mass is 16.6. The Balaban J connectivity index is 2.22. The second-order valence-electron chi connectivity index (χ2n) is 5.06. The van der Waals surface area contributed by atoms with Crippen LogP contribution in [-0.2, 0) is 6.42 Å². The SMILES string of the molecule is CCc1ccc(C(C)Nc2ccc([N+](=O)[O-])cc2C#N)cc1. The molecule has 112 valence electrons. The van der Waals surface area contributed by atoms with Gasteiger partial charge in [-0.15, -0.1) is 0 Å². The summed E-state index contributed by atoms with van der Waals surface area (Å²) in [5, 5.41) is 23.2. The van der Waals surface area contributed by atoms with Crippen LogP contribution in [0.5, 0.6) is 0 Å². The molecule has 0 aliphatic heterocycles. The molecule has 2 rings (SSSR count). The van der Waals surface area contributed by atoms with Gasteiger partial charge in [-0.2, -0.15) is 5.26 Å². The minimum Gasteiger partial charge on any atom is -0.377 e. The molecule has 0 fully saturated rings. The summed E-state index contributed by atoms with van der Waals surface area (Å²) in [6.07, 6.45) is 0.989. The molecule has 0 heterocycles. The second kappa shape index (κ2) is 6.72. The lowest BCUT2D eigenvalue weighted by Crippen LogP contribution is -2.08. The highest BCUT2D eigenvalue weighted by Crippen LogP contribution is 2.25. The normalized spacial score (nSPS) is 11.5. The molecule has 0 bridgehead atoms. The Morgan fingerprint density at radius 3 is 2.50 bits per heavy atom. The van der Waals surface area contributed by atoms with Gasteiger partial charge in [-0.05, 0) is 30.5 Å². The van der Waals surface area contributed by atoms with E-state index in [9.17, 15) is 10.1 Å². The number of nitriles is 1. The lowest BCUT2D eigenvalue weighted by molar-refractivity contribution is -0.384. The predicted molar refractivity (Wildman–Crippen MR) is 85.7 cm³/mol. The molecule has 0 radical (unpaired) electrons. The first-order valence-corrected chi connectivity index (χ1v) is 7.09. The van der Waals surface area contributed by atoms with Crippen molar-refractivity contribution in [2.75, 3.05) is 5.32 Å². The van der Waals surface area contributed by atoms with Gasteiger partial charge in [0.1, 0.15) is 6.07 Å². The first-order valence-electron chi connectivity index (χ1n) is 7.09. The largest absolute Gasteiger partial charge is 0.377 e. The summed E-state index contributed by atoms with van der Waals surface area (Å²) in [5.41, 5.74) is 3.15. The zero-order valence-corrected chi connectivity index (χ0v) is 12.5. The summed E-state index contributed by atoms with van der Waals surface area (Å²) in [5.74, 6) is 0. The van der Waals surface area contributed by atoms with Crippen LogP contribution in [0.2, 0.25) is 0 Å². The molecule has 5 heteroatoms. The van der Waals surface area contributed by atoms with Crippen molar-refractivity contribution in [3.63, 3.8) is 0 Å². The van der Waals surface area contributed by atoms with E-state index in [1.54, 1.807) is 6.07 Å². The number of rotatable bonds is 5. The fraction of sp³-hybridized carbons (Fsp3) is 0.235. The maximum atomic E-state index is 10.8. The Kier molecular flexibility index (Phi) is 4.74. The van der Waals surface area contributed by atoms with Crippen LogP contribution in [0.25, 0.3) is 0 Å². The Morgan fingerprint density at radius 1 is 1.27 bits per heavy atom. The number of nitro groups is 1. The van der Waals surface area contributed by atoms with Gasteiger partial charge in [-0.3, -0.25) is 10.1 Å². The Morgan fingerprint density at radius 2 is 1.95 bits per heavy atom. The zero-order valence-electron chi connectivity index (χ0n) is 12.5. The van der Waals surface area contributed by atoms with Gasteiger partial charge in [-0.1, -0.05) is 31.2 Å². The van der Waals surface area contributed by atoms with Crippen LogP contribution >= 0.6 is 0 Å². The molecule has 0 amide bonds. The molecule has 0 aliphatic carbocycles. The van der Waals surface area contributed by atoms with Crippen LogP contribution in [0.15, 0.2) is 42.5 Å². The second-order valence-corrected chi connectivity index (χ2v) is 5.06. The molecule has 0 saturated carbocycles. The third kappa shape index (κ3) is 3.41. The molecule has 22 heavy (non-hydrogen) atoms. The number of nitro benzene ring substituents is 1. The summed E-state index contributed by atoms with van der Waals surface area (Å²) in [6, 6.07) is 14.5. The maximum absolute atomic E-state index is 10.8. The smallest absolute Gasteiger partial charge is 0.270 e. The number of hydrogen-bond acceptors (Lipinski definition) is 4. The fourth-order valence-electron chi connectivity index (χ4n) is 2.22. The highest BCUT2D eigenvalue weighted by molar-refractivity contribution is 5.62. The molecule has 5 nitrogen and oxygen atoms in total. The van der Waals surface area contributed by atoms with Crippen molar-refractivity contribution in [1.82, 2.24) is 0 Å². The molecule has 1 N–H and O–H groups in total. The van der Waals surface area contributed by atoms with Gasteiger partial charge in [0.15, 0.2) is 0 Å². The van der Waals surface area contributed by atoms with E-state index < -0.39 is 4.92 Å². The van der Waals surface area contributed by atoms with Gasteiger partial charge in [0.25, 0.3) is 5.69 Å². The van der Waals surface area contributed by atoms with Gasteiger partial charge in [0.2, 0.25) is 0 Å². The van der Waals surface area contributed by atoms with Crippen LogP contribution in [0.3, 0.4) is 0 Å². The van der Waals surface area contributed by atoms with Crippen molar-refractivity contribution >= 4 is 11.4 Å². The van der Waals surface area contributed by atoms with Gasteiger partial charge >= 0.3 is 0 Å². The maximum Gasteiger partial charge on any atom is 0.270 e. The Hall–Kier alpha value is -2.87. The zero-order chi connectivity index (χ0) is 16.1. The van der Waals surface area contributed by atoms with E-state index in [-0.39, 0.29) is 17.3 Å². The lowest BCUT2D eigenvalue weighted by atomic mass is 10.0. The Labute approximate surface area is 129 Å². The summed E-state index contributed by atoms with van der Waals surface area (Å²) in [6.45, 7) is 4.09. The van der Waals surface area contributed by atoms with Crippen LogP contribution in [0.1, 0.15) is 36.6 Å². The van der Waals surface area contributed by atoms with Crippen molar-refractivity contribution in [3.8, 4) is 6.07 Å². The molecule has 2 aromatic carbocycles. The third-order valence-electron chi connectivity index (χ3n) is 3.59. The average Bonchev–Trinajstić information content (AvgIpc) is 2.55. The molecule has 0 spiro atoms. The van der Waals surface area contributed by atoms with Crippen molar-refractivity contribution in [2.24, 2.45) is 0 Å². The number of nitrogens with one attached hydrogen (secondary N) is 1. The van der Waals surface area contributed by atoms with E-state index in [0.29, 0.717) is 5.69 Å². The van der Waals surface area contributed by atoms with Crippen LogP contribution in [0.4, 0.5) is 11.4 Å². The van der Waals surface area contributed by atoms with E-state index in [0.717, 1.165) is 12.0 Å². The third-order valence-corrected chi connectivity index (χ3v) is 3.59. The van der Waals surface area contributed by atoms with E-state index in [4.69, 9.17) is 5.26 Å². The van der Waals surface area contributed by atoms with Crippen LogP contribution < -0.4 is 5.32 Å². The molecular weight excluding hydrogens is 278 g/mol. The minimum absolute atomic E-state index is 0.000498. The first kappa shape index (κ1) is 15.5. The van der Waals surface area contributed by atoms with Gasteiger partial charge in [-0.25, -0.2) is 0 Å². The number of nitrogens with zero attached hydrogens (tertiary/aromatic N) is 2. The van der Waals surface area contributed by atoms with Crippen LogP contribution in [0, 0.1) is 21.4 Å². The fourth-order valence-corrected chi connectivity index (χ4v) is 2.22. The topological polar surface area (TPSA) is 79.0 Å². The molecule has 1 atom stereocenters. The number of benzene rings is 2. The quantitative estimate of drug-likeness (QED) is 0.662. The number of non-ortho nitro benzene ring substituents is 1. The number of anilines is 1. The van der Waals surface area contributed by atoms with Crippen molar-refractivity contribution in [1.29, 1.82) is 5.26 Å². The minimum atomic E-state index is -0.502. The van der Waals surface area contributed by atoms with Gasteiger partial charge < -0.3 is 5.32 Å². The molecule has 0 aliphatic rings. The number of hydrogen-bond donors (Lipinski definition) is 1. The standard InChI is InChI=1S/C17H17N3O2/c1-3-13-4-6-14(7-5-13)12(2)19-17-9-8-16(20(21)22)10-15(17)11-18/h4-10,12,19H,3H2,1-2H3.